The lowest BCUT2D eigenvalue weighted by Gasteiger charge is -2.35. The summed E-state index contributed by atoms with van der Waals surface area (Å²) in [5, 5.41) is 0. The quantitative estimate of drug-likeness (QED) is 0.0700. The standard InChI is InChI=1S/C27H54NO3P/c1-6-8-9-10-11-12-13-14-15-16-17-18-19-20-21-22-23-24-25-26-31-32(29,30)27(7-2)28(3,4)5/h6,15-16,27H,1,7-14,17-26H2,2-5H3/p+1/b16-15-. The van der Waals surface area contributed by atoms with Gasteiger partial charge in [0.25, 0.3) is 0 Å². The van der Waals surface area contributed by atoms with Crippen LogP contribution in [0.25, 0.3) is 0 Å². The van der Waals surface area contributed by atoms with E-state index in [1.807, 2.05) is 34.1 Å². The average Bonchev–Trinajstić information content (AvgIpc) is 2.71. The molecule has 0 bridgehead atoms. The number of unbranched alkanes of at least 4 members (excludes halogenated alkanes) is 14. The fourth-order valence-electron chi connectivity index (χ4n) is 4.24. The molecule has 0 aromatic rings. The lowest BCUT2D eigenvalue weighted by Crippen LogP contribution is -2.44. The van der Waals surface area contributed by atoms with Gasteiger partial charge in [0.15, 0.2) is 5.78 Å². The molecule has 0 aliphatic rings. The van der Waals surface area contributed by atoms with Crippen LogP contribution in [0, 0.1) is 0 Å². The van der Waals surface area contributed by atoms with Crippen LogP contribution in [0.2, 0.25) is 0 Å². The Bertz CT molecular complexity index is 514. The van der Waals surface area contributed by atoms with E-state index in [0.29, 0.717) is 17.5 Å². The molecule has 0 aliphatic heterocycles. The Labute approximate surface area is 200 Å². The van der Waals surface area contributed by atoms with Gasteiger partial charge in [-0.2, -0.15) is 0 Å². The Kier molecular flexibility index (Phi) is 19.7. The highest BCUT2D eigenvalue weighted by molar-refractivity contribution is 7.53. The normalized spacial score (nSPS) is 15.2. The van der Waals surface area contributed by atoms with Gasteiger partial charge in [0.1, 0.15) is 0 Å². The highest BCUT2D eigenvalue weighted by Gasteiger charge is 2.41. The predicted molar refractivity (Wildman–Crippen MR) is 141 cm³/mol. The minimum Gasteiger partial charge on any atom is -0.320 e. The van der Waals surface area contributed by atoms with Gasteiger partial charge in [0.05, 0.1) is 27.7 Å². The zero-order valence-corrected chi connectivity index (χ0v) is 22.8. The van der Waals surface area contributed by atoms with Crippen LogP contribution < -0.4 is 0 Å². The van der Waals surface area contributed by atoms with Crippen molar-refractivity contribution in [2.45, 2.75) is 122 Å². The molecule has 2 atom stereocenters. The average molecular weight is 473 g/mol. The summed E-state index contributed by atoms with van der Waals surface area (Å²) >= 11 is 0. The zero-order chi connectivity index (χ0) is 24.1. The molecule has 0 saturated heterocycles. The summed E-state index contributed by atoms with van der Waals surface area (Å²) in [7, 11) is 2.30. The van der Waals surface area contributed by atoms with E-state index in [0.717, 1.165) is 12.8 Å². The first kappa shape index (κ1) is 31.6. The summed E-state index contributed by atoms with van der Waals surface area (Å²) in [6.45, 7) is 6.11. The molecule has 0 aromatic carbocycles. The molecule has 0 heterocycles. The Balaban J connectivity index is 3.46. The fraction of sp³-hybridized carbons (Fsp3) is 0.852. The van der Waals surface area contributed by atoms with Crippen LogP contribution in [0.3, 0.4) is 0 Å². The molecule has 190 valence electrons. The van der Waals surface area contributed by atoms with Gasteiger partial charge in [-0.25, -0.2) is 0 Å². The van der Waals surface area contributed by atoms with E-state index in [2.05, 4.69) is 18.7 Å². The summed E-state index contributed by atoms with van der Waals surface area (Å²) in [6, 6.07) is 0. The van der Waals surface area contributed by atoms with Gasteiger partial charge >= 0.3 is 7.60 Å². The highest BCUT2D eigenvalue weighted by Crippen LogP contribution is 2.51. The molecule has 0 saturated carbocycles. The van der Waals surface area contributed by atoms with Crippen LogP contribution in [0.4, 0.5) is 0 Å². The Hall–Kier alpha value is -0.410. The first-order valence-electron chi connectivity index (χ1n) is 13.3. The molecule has 4 nitrogen and oxygen atoms in total. The third-order valence-corrected chi connectivity index (χ3v) is 8.49. The summed E-state index contributed by atoms with van der Waals surface area (Å²) in [6.07, 6.45) is 27.4. The van der Waals surface area contributed by atoms with E-state index in [1.54, 1.807) is 0 Å². The smallest absolute Gasteiger partial charge is 0.320 e. The number of hydrogen-bond donors (Lipinski definition) is 1. The molecule has 0 aromatic heterocycles. The maximum absolute atomic E-state index is 12.5. The molecule has 0 rings (SSSR count). The Morgan fingerprint density at radius 2 is 1.19 bits per heavy atom. The molecule has 0 spiro atoms. The maximum Gasteiger partial charge on any atom is 0.385 e. The topological polar surface area (TPSA) is 46.5 Å². The summed E-state index contributed by atoms with van der Waals surface area (Å²) in [4.78, 5) is 10.3. The van der Waals surface area contributed by atoms with Crippen LogP contribution in [0.5, 0.6) is 0 Å². The zero-order valence-electron chi connectivity index (χ0n) is 21.9. The minimum atomic E-state index is -3.55. The second-order valence-corrected chi connectivity index (χ2v) is 12.1. The van der Waals surface area contributed by atoms with Crippen molar-refractivity contribution >= 4 is 7.60 Å². The van der Waals surface area contributed by atoms with Crippen molar-refractivity contribution in [3.05, 3.63) is 24.8 Å². The molecule has 0 aliphatic carbocycles. The van der Waals surface area contributed by atoms with Crippen LogP contribution >= 0.6 is 7.60 Å². The highest BCUT2D eigenvalue weighted by atomic mass is 31.2. The van der Waals surface area contributed by atoms with Gasteiger partial charge in [-0.15, -0.1) is 6.58 Å². The van der Waals surface area contributed by atoms with Crippen molar-refractivity contribution in [2.24, 2.45) is 0 Å². The first-order valence-corrected chi connectivity index (χ1v) is 14.9. The monoisotopic (exact) mass is 472 g/mol. The first-order chi connectivity index (χ1) is 15.3. The molecule has 1 N–H and O–H groups in total. The minimum absolute atomic E-state index is 0.352. The second kappa shape index (κ2) is 20.0. The van der Waals surface area contributed by atoms with E-state index in [1.165, 1.54) is 89.9 Å². The Morgan fingerprint density at radius 1 is 0.781 bits per heavy atom. The maximum atomic E-state index is 12.5. The molecule has 0 amide bonds. The van der Waals surface area contributed by atoms with Crippen molar-refractivity contribution in [1.82, 2.24) is 0 Å². The third kappa shape index (κ3) is 18.1. The molecule has 2 unspecified atom stereocenters. The summed E-state index contributed by atoms with van der Waals surface area (Å²) in [5.41, 5.74) is 0. The van der Waals surface area contributed by atoms with Gasteiger partial charge in [-0.05, 0) is 44.9 Å². The van der Waals surface area contributed by atoms with Gasteiger partial charge in [-0.3, -0.25) is 4.57 Å². The van der Waals surface area contributed by atoms with Crippen molar-refractivity contribution in [3.63, 3.8) is 0 Å². The van der Waals surface area contributed by atoms with Crippen LogP contribution in [-0.2, 0) is 9.09 Å². The molecular formula is C27H55NO3P+. The predicted octanol–water partition coefficient (Wildman–Crippen LogP) is 8.61. The van der Waals surface area contributed by atoms with Crippen molar-refractivity contribution < 1.29 is 18.5 Å². The molecular weight excluding hydrogens is 417 g/mol. The van der Waals surface area contributed by atoms with E-state index >= 15 is 0 Å². The van der Waals surface area contributed by atoms with E-state index in [4.69, 9.17) is 4.52 Å². The van der Waals surface area contributed by atoms with Crippen LogP contribution in [0.15, 0.2) is 24.8 Å². The van der Waals surface area contributed by atoms with Crippen molar-refractivity contribution in [2.75, 3.05) is 27.7 Å². The Morgan fingerprint density at radius 3 is 1.59 bits per heavy atom. The van der Waals surface area contributed by atoms with Crippen molar-refractivity contribution in [1.29, 1.82) is 0 Å². The number of nitrogens with zero attached hydrogens (tertiary/aromatic N) is 1. The second-order valence-electron chi connectivity index (χ2n) is 10.1. The largest absolute Gasteiger partial charge is 0.385 e. The fourth-order valence-corrected chi connectivity index (χ4v) is 6.14. The van der Waals surface area contributed by atoms with Crippen molar-refractivity contribution in [3.8, 4) is 0 Å². The van der Waals surface area contributed by atoms with E-state index < -0.39 is 7.60 Å². The summed E-state index contributed by atoms with van der Waals surface area (Å²) < 4.78 is 18.4. The van der Waals surface area contributed by atoms with Crippen LogP contribution in [0.1, 0.15) is 116 Å². The van der Waals surface area contributed by atoms with Gasteiger partial charge < -0.3 is 13.9 Å². The SMILES string of the molecule is C=CCCCCCCC/C=C\CCCCCCCCCCOP(=O)(O)C(CC)[N+](C)(C)C. The number of hydrogen-bond acceptors (Lipinski definition) is 2. The lowest BCUT2D eigenvalue weighted by atomic mass is 10.1. The number of rotatable bonds is 23. The molecule has 5 heteroatoms. The molecule has 32 heavy (non-hydrogen) atoms. The number of quaternary nitrogens is 1. The molecule has 0 radical (unpaired) electrons. The van der Waals surface area contributed by atoms with E-state index in [-0.39, 0.29) is 5.78 Å². The van der Waals surface area contributed by atoms with E-state index in [9.17, 15) is 9.46 Å². The van der Waals surface area contributed by atoms with Gasteiger partial charge in [0, 0.05) is 6.42 Å². The lowest BCUT2D eigenvalue weighted by molar-refractivity contribution is -0.883. The van der Waals surface area contributed by atoms with Gasteiger partial charge in [0.2, 0.25) is 0 Å². The third-order valence-electron chi connectivity index (χ3n) is 6.12. The van der Waals surface area contributed by atoms with Crippen LogP contribution in [-0.4, -0.2) is 42.9 Å². The molecule has 0 fully saturated rings. The summed E-state index contributed by atoms with van der Waals surface area (Å²) in [5.74, 6) is -0.352. The van der Waals surface area contributed by atoms with Gasteiger partial charge in [-0.1, -0.05) is 82.9 Å². The number of allylic oxidation sites excluding steroid dienone is 3.